The van der Waals surface area contributed by atoms with Gasteiger partial charge in [0.1, 0.15) is 0 Å². The largest absolute Gasteiger partial charge is 0.338 e. The van der Waals surface area contributed by atoms with Crippen molar-refractivity contribution in [3.05, 3.63) is 0 Å². The number of piperazine rings is 1. The van der Waals surface area contributed by atoms with Gasteiger partial charge in [0.15, 0.2) is 0 Å². The standard InChI is InChI=1S/C14H27N3O/c1-11(2)9-13(15)14(18)17-8-7-16-6-4-3-5-12(16)10-17/h11-13H,3-10,15H2,1-2H3/t12?,13-/m1/s1. The van der Waals surface area contributed by atoms with E-state index >= 15 is 0 Å². The normalized spacial score (nSPS) is 27.1. The van der Waals surface area contributed by atoms with Crippen molar-refractivity contribution < 1.29 is 4.79 Å². The van der Waals surface area contributed by atoms with E-state index in [2.05, 4.69) is 18.7 Å². The highest BCUT2D eigenvalue weighted by Crippen LogP contribution is 2.21. The number of hydrogen-bond acceptors (Lipinski definition) is 3. The molecule has 0 aliphatic carbocycles. The lowest BCUT2D eigenvalue weighted by molar-refractivity contribution is -0.136. The molecule has 0 saturated carbocycles. The second kappa shape index (κ2) is 6.02. The molecule has 0 spiro atoms. The molecule has 2 heterocycles. The summed E-state index contributed by atoms with van der Waals surface area (Å²) in [6, 6.07) is 0.280. The maximum atomic E-state index is 12.3. The van der Waals surface area contributed by atoms with Crippen molar-refractivity contribution in [1.29, 1.82) is 0 Å². The van der Waals surface area contributed by atoms with Crippen LogP contribution >= 0.6 is 0 Å². The zero-order chi connectivity index (χ0) is 13.1. The molecule has 4 nitrogen and oxygen atoms in total. The highest BCUT2D eigenvalue weighted by molar-refractivity contribution is 5.81. The van der Waals surface area contributed by atoms with Crippen LogP contribution in [0, 0.1) is 5.92 Å². The van der Waals surface area contributed by atoms with E-state index in [9.17, 15) is 4.79 Å². The fraction of sp³-hybridized carbons (Fsp3) is 0.929. The molecule has 4 heteroatoms. The van der Waals surface area contributed by atoms with E-state index in [-0.39, 0.29) is 11.9 Å². The van der Waals surface area contributed by atoms with Crippen LogP contribution in [-0.4, -0.2) is 54.0 Å². The second-order valence-electron chi connectivity index (χ2n) is 6.21. The fourth-order valence-corrected chi connectivity index (χ4v) is 3.20. The molecular formula is C14H27N3O. The van der Waals surface area contributed by atoms with E-state index in [1.165, 1.54) is 25.8 Å². The monoisotopic (exact) mass is 253 g/mol. The van der Waals surface area contributed by atoms with Gasteiger partial charge in [-0.25, -0.2) is 0 Å². The minimum atomic E-state index is -0.305. The SMILES string of the molecule is CC(C)C[C@@H](N)C(=O)N1CCN2CCCCC2C1. The van der Waals surface area contributed by atoms with Crippen LogP contribution in [-0.2, 0) is 4.79 Å². The molecule has 0 aromatic rings. The lowest BCUT2D eigenvalue weighted by Crippen LogP contribution is -2.58. The number of nitrogens with two attached hydrogens (primary N) is 1. The minimum Gasteiger partial charge on any atom is -0.338 e. The van der Waals surface area contributed by atoms with E-state index in [1.54, 1.807) is 0 Å². The second-order valence-corrected chi connectivity index (χ2v) is 6.21. The first kappa shape index (κ1) is 13.8. The Morgan fingerprint density at radius 1 is 1.28 bits per heavy atom. The average Bonchev–Trinajstić information content (AvgIpc) is 2.36. The summed E-state index contributed by atoms with van der Waals surface area (Å²) >= 11 is 0. The summed E-state index contributed by atoms with van der Waals surface area (Å²) < 4.78 is 0. The van der Waals surface area contributed by atoms with Crippen LogP contribution in [0.3, 0.4) is 0 Å². The quantitative estimate of drug-likeness (QED) is 0.818. The van der Waals surface area contributed by atoms with Crippen LogP contribution in [0.5, 0.6) is 0 Å². The first-order chi connectivity index (χ1) is 8.58. The minimum absolute atomic E-state index is 0.161. The highest BCUT2D eigenvalue weighted by atomic mass is 16.2. The van der Waals surface area contributed by atoms with Gasteiger partial charge in [-0.2, -0.15) is 0 Å². The molecule has 0 radical (unpaired) electrons. The zero-order valence-corrected chi connectivity index (χ0v) is 11.8. The topological polar surface area (TPSA) is 49.6 Å². The predicted molar refractivity (Wildman–Crippen MR) is 73.2 cm³/mol. The third-order valence-electron chi connectivity index (χ3n) is 4.19. The predicted octanol–water partition coefficient (Wildman–Crippen LogP) is 1.06. The van der Waals surface area contributed by atoms with Gasteiger partial charge < -0.3 is 10.6 Å². The Hall–Kier alpha value is -0.610. The summed E-state index contributed by atoms with van der Waals surface area (Å²) in [6.45, 7) is 8.24. The Labute approximate surface area is 110 Å². The fourth-order valence-electron chi connectivity index (χ4n) is 3.20. The Balaban J connectivity index is 1.88. The van der Waals surface area contributed by atoms with Crippen LogP contribution in [0.15, 0.2) is 0 Å². The highest BCUT2D eigenvalue weighted by Gasteiger charge is 2.32. The Kier molecular flexibility index (Phi) is 4.62. The third-order valence-corrected chi connectivity index (χ3v) is 4.19. The van der Waals surface area contributed by atoms with E-state index in [0.717, 1.165) is 26.1 Å². The molecule has 2 atom stereocenters. The number of rotatable bonds is 3. The van der Waals surface area contributed by atoms with Crippen molar-refractivity contribution in [3.63, 3.8) is 0 Å². The smallest absolute Gasteiger partial charge is 0.239 e. The van der Waals surface area contributed by atoms with Crippen LogP contribution in [0.25, 0.3) is 0 Å². The van der Waals surface area contributed by atoms with Crippen LogP contribution in [0.2, 0.25) is 0 Å². The Morgan fingerprint density at radius 3 is 2.78 bits per heavy atom. The van der Waals surface area contributed by atoms with Crippen molar-refractivity contribution in [2.75, 3.05) is 26.2 Å². The molecule has 0 aromatic heterocycles. The Bertz CT molecular complexity index is 293. The summed E-state index contributed by atoms with van der Waals surface area (Å²) in [7, 11) is 0. The van der Waals surface area contributed by atoms with Crippen LogP contribution in [0.4, 0.5) is 0 Å². The van der Waals surface area contributed by atoms with E-state index in [0.29, 0.717) is 12.0 Å². The van der Waals surface area contributed by atoms with Crippen molar-refractivity contribution in [2.24, 2.45) is 11.7 Å². The molecule has 104 valence electrons. The molecule has 2 N–H and O–H groups in total. The lowest BCUT2D eigenvalue weighted by atomic mass is 9.98. The summed E-state index contributed by atoms with van der Waals surface area (Å²) in [5.74, 6) is 0.647. The number of nitrogens with zero attached hydrogens (tertiary/aromatic N) is 2. The van der Waals surface area contributed by atoms with Crippen molar-refractivity contribution in [2.45, 2.75) is 51.6 Å². The van der Waals surface area contributed by atoms with Crippen LogP contribution < -0.4 is 5.73 Å². The van der Waals surface area contributed by atoms with Gasteiger partial charge in [-0.15, -0.1) is 0 Å². The molecule has 0 bridgehead atoms. The van der Waals surface area contributed by atoms with Crippen molar-refractivity contribution in [1.82, 2.24) is 9.80 Å². The van der Waals surface area contributed by atoms with Gasteiger partial charge >= 0.3 is 0 Å². The maximum absolute atomic E-state index is 12.3. The first-order valence-corrected chi connectivity index (χ1v) is 7.36. The Morgan fingerprint density at radius 2 is 2.06 bits per heavy atom. The molecule has 1 amide bonds. The molecule has 1 unspecified atom stereocenters. The lowest BCUT2D eigenvalue weighted by Gasteiger charge is -2.44. The van der Waals surface area contributed by atoms with Gasteiger partial charge in [-0.1, -0.05) is 20.3 Å². The summed E-state index contributed by atoms with van der Waals surface area (Å²) in [5.41, 5.74) is 6.01. The summed E-state index contributed by atoms with van der Waals surface area (Å²) in [4.78, 5) is 16.8. The number of piperidine rings is 1. The average molecular weight is 253 g/mol. The molecule has 2 rings (SSSR count). The van der Waals surface area contributed by atoms with Gasteiger partial charge in [0, 0.05) is 25.7 Å². The number of amides is 1. The van der Waals surface area contributed by atoms with Crippen molar-refractivity contribution >= 4 is 5.91 Å². The van der Waals surface area contributed by atoms with E-state index < -0.39 is 0 Å². The van der Waals surface area contributed by atoms with Gasteiger partial charge in [0.2, 0.25) is 5.91 Å². The van der Waals surface area contributed by atoms with Gasteiger partial charge in [0.05, 0.1) is 6.04 Å². The molecule has 18 heavy (non-hydrogen) atoms. The third kappa shape index (κ3) is 3.23. The number of fused-ring (bicyclic) bond motifs is 1. The number of carbonyl (C=O) groups excluding carboxylic acids is 1. The molecule has 2 aliphatic heterocycles. The van der Waals surface area contributed by atoms with E-state index in [4.69, 9.17) is 5.73 Å². The molecular weight excluding hydrogens is 226 g/mol. The molecule has 2 fully saturated rings. The van der Waals surface area contributed by atoms with Gasteiger partial charge in [-0.05, 0) is 31.7 Å². The molecule has 0 aromatic carbocycles. The molecule has 2 aliphatic rings. The number of hydrogen-bond donors (Lipinski definition) is 1. The summed E-state index contributed by atoms with van der Waals surface area (Å²) in [5, 5.41) is 0. The summed E-state index contributed by atoms with van der Waals surface area (Å²) in [6.07, 6.45) is 4.66. The first-order valence-electron chi connectivity index (χ1n) is 7.36. The van der Waals surface area contributed by atoms with Crippen molar-refractivity contribution in [3.8, 4) is 0 Å². The van der Waals surface area contributed by atoms with Gasteiger partial charge in [0.25, 0.3) is 0 Å². The van der Waals surface area contributed by atoms with E-state index in [1.807, 2.05) is 4.90 Å². The zero-order valence-electron chi connectivity index (χ0n) is 11.8. The van der Waals surface area contributed by atoms with Crippen LogP contribution in [0.1, 0.15) is 39.5 Å². The molecule has 2 saturated heterocycles. The maximum Gasteiger partial charge on any atom is 0.239 e. The number of carbonyl (C=O) groups is 1. The van der Waals surface area contributed by atoms with Gasteiger partial charge in [-0.3, -0.25) is 9.69 Å².